The highest BCUT2D eigenvalue weighted by molar-refractivity contribution is 7.89. The zero-order valence-corrected chi connectivity index (χ0v) is 11.4. The molecule has 0 spiro atoms. The summed E-state index contributed by atoms with van der Waals surface area (Å²) in [6, 6.07) is 6.34. The zero-order valence-electron chi connectivity index (χ0n) is 9.80. The number of sulfone groups is 1. The van der Waals surface area contributed by atoms with Crippen molar-refractivity contribution >= 4 is 27.4 Å². The molecule has 98 valence electrons. The molecule has 0 saturated heterocycles. The van der Waals surface area contributed by atoms with Crippen molar-refractivity contribution in [3.8, 4) is 0 Å². The number of hydrogen-bond acceptors (Lipinski definition) is 4. The molecule has 0 aliphatic heterocycles. The largest absolute Gasteiger partial charge is 0.458 e. The van der Waals surface area contributed by atoms with Crippen molar-refractivity contribution < 1.29 is 17.9 Å². The maximum absolute atomic E-state index is 11.6. The lowest BCUT2D eigenvalue weighted by Crippen LogP contribution is -2.07. The van der Waals surface area contributed by atoms with Gasteiger partial charge in [-0.3, -0.25) is 0 Å². The molecule has 0 heterocycles. The number of carbonyl (C=O) groups excluding carboxylic acids is 1. The van der Waals surface area contributed by atoms with Crippen molar-refractivity contribution in [2.75, 3.05) is 12.9 Å². The van der Waals surface area contributed by atoms with Gasteiger partial charge in [-0.25, -0.2) is 13.2 Å². The maximum atomic E-state index is 11.6. The number of esters is 1. The van der Waals surface area contributed by atoms with E-state index in [-0.39, 0.29) is 12.4 Å². The first-order valence-corrected chi connectivity index (χ1v) is 7.61. The number of halogens is 1. The van der Waals surface area contributed by atoms with Crippen molar-refractivity contribution in [1.29, 1.82) is 0 Å². The zero-order chi connectivity index (χ0) is 13.6. The van der Waals surface area contributed by atoms with Gasteiger partial charge in [-0.2, -0.15) is 0 Å². The molecule has 0 bridgehead atoms. The van der Waals surface area contributed by atoms with E-state index in [1.54, 1.807) is 18.2 Å². The van der Waals surface area contributed by atoms with E-state index in [1.807, 2.05) is 0 Å². The lowest BCUT2D eigenvalue weighted by Gasteiger charge is -2.04. The van der Waals surface area contributed by atoms with Crippen LogP contribution in [0.1, 0.15) is 15.9 Å². The molecule has 0 aliphatic rings. The first-order valence-electron chi connectivity index (χ1n) is 5.11. The molecule has 6 heteroatoms. The number of ether oxygens (including phenoxy) is 1. The summed E-state index contributed by atoms with van der Waals surface area (Å²) in [5.74, 6) is -0.615. The van der Waals surface area contributed by atoms with Crippen LogP contribution in [0.25, 0.3) is 0 Å². The van der Waals surface area contributed by atoms with Crippen molar-refractivity contribution in [3.63, 3.8) is 0 Å². The van der Waals surface area contributed by atoms with Gasteiger partial charge in [0.2, 0.25) is 0 Å². The number of hydrogen-bond donors (Lipinski definition) is 0. The van der Waals surface area contributed by atoms with Crippen molar-refractivity contribution in [2.24, 2.45) is 0 Å². The second-order valence-electron chi connectivity index (χ2n) is 3.73. The fraction of sp³-hybridized carbons (Fsp3) is 0.250. The average Bonchev–Trinajstić information content (AvgIpc) is 2.27. The van der Waals surface area contributed by atoms with Gasteiger partial charge in [0.15, 0.2) is 9.84 Å². The highest BCUT2D eigenvalue weighted by Gasteiger charge is 2.09. The van der Waals surface area contributed by atoms with Gasteiger partial charge in [0.25, 0.3) is 0 Å². The molecule has 0 atom stereocenters. The minimum Gasteiger partial charge on any atom is -0.458 e. The van der Waals surface area contributed by atoms with Gasteiger partial charge in [0.1, 0.15) is 6.61 Å². The molecule has 0 amide bonds. The van der Waals surface area contributed by atoms with E-state index < -0.39 is 15.8 Å². The molecule has 18 heavy (non-hydrogen) atoms. The van der Waals surface area contributed by atoms with Gasteiger partial charge >= 0.3 is 5.97 Å². The molecule has 0 radical (unpaired) electrons. The Morgan fingerprint density at radius 1 is 1.44 bits per heavy atom. The molecule has 1 aromatic carbocycles. The fourth-order valence-electron chi connectivity index (χ4n) is 1.33. The third-order valence-corrected chi connectivity index (χ3v) is 3.03. The van der Waals surface area contributed by atoms with E-state index in [0.29, 0.717) is 11.1 Å². The van der Waals surface area contributed by atoms with Gasteiger partial charge < -0.3 is 4.74 Å². The Kier molecular flexibility index (Phi) is 5.37. The van der Waals surface area contributed by atoms with E-state index >= 15 is 0 Å². The molecule has 4 nitrogen and oxygen atoms in total. The summed E-state index contributed by atoms with van der Waals surface area (Å²) in [7, 11) is -3.12. The lowest BCUT2D eigenvalue weighted by molar-refractivity contribution is 0.0549. The molecule has 0 N–H and O–H groups in total. The number of carbonyl (C=O) groups is 1. The third-order valence-electron chi connectivity index (χ3n) is 1.99. The third kappa shape index (κ3) is 5.33. The number of rotatable bonds is 5. The summed E-state index contributed by atoms with van der Waals surface area (Å²) in [4.78, 5) is 11.6. The SMILES string of the molecule is CS(=O)(=O)Cc1cccc(C(=O)OC/C=C/Cl)c1. The molecule has 0 aliphatic carbocycles. The van der Waals surface area contributed by atoms with E-state index in [9.17, 15) is 13.2 Å². The maximum Gasteiger partial charge on any atom is 0.338 e. The van der Waals surface area contributed by atoms with Crippen LogP contribution in [0.3, 0.4) is 0 Å². The predicted octanol–water partition coefficient (Wildman–Crippen LogP) is 2.14. The first kappa shape index (κ1) is 14.7. The fourth-order valence-corrected chi connectivity index (χ4v) is 2.19. The van der Waals surface area contributed by atoms with Gasteiger partial charge in [-0.1, -0.05) is 23.7 Å². The van der Waals surface area contributed by atoms with Crippen molar-refractivity contribution in [1.82, 2.24) is 0 Å². The summed E-state index contributed by atoms with van der Waals surface area (Å²) in [5.41, 5.74) is 2.13. The Bertz CT molecular complexity index is 549. The van der Waals surface area contributed by atoms with E-state index in [2.05, 4.69) is 0 Å². The minimum absolute atomic E-state index is 0.0820. The van der Waals surface area contributed by atoms with Crippen LogP contribution in [0, 0.1) is 0 Å². The Balaban J connectivity index is 2.78. The Morgan fingerprint density at radius 2 is 2.17 bits per heavy atom. The summed E-state index contributed by atoms with van der Waals surface area (Å²) >= 11 is 5.29. The first-order chi connectivity index (χ1) is 8.42. The molecule has 0 saturated carbocycles. The van der Waals surface area contributed by atoms with E-state index in [0.717, 1.165) is 6.26 Å². The monoisotopic (exact) mass is 288 g/mol. The van der Waals surface area contributed by atoms with Gasteiger partial charge in [-0.15, -0.1) is 0 Å². The molecular formula is C12H13ClO4S. The van der Waals surface area contributed by atoms with Gasteiger partial charge in [0, 0.05) is 11.8 Å². The minimum atomic E-state index is -3.12. The summed E-state index contributed by atoms with van der Waals surface area (Å²) in [6.45, 7) is 0.0820. The summed E-state index contributed by atoms with van der Waals surface area (Å²) < 4.78 is 27.2. The van der Waals surface area contributed by atoms with Crippen LogP contribution in [0.5, 0.6) is 0 Å². The summed E-state index contributed by atoms with van der Waals surface area (Å²) in [5, 5.41) is 0. The molecule has 1 rings (SSSR count). The van der Waals surface area contributed by atoms with E-state index in [4.69, 9.17) is 16.3 Å². The smallest absolute Gasteiger partial charge is 0.338 e. The molecule has 1 aromatic rings. The van der Waals surface area contributed by atoms with Crippen molar-refractivity contribution in [3.05, 3.63) is 47.0 Å². The second kappa shape index (κ2) is 6.56. The quantitative estimate of drug-likeness (QED) is 0.779. The van der Waals surface area contributed by atoms with Crippen LogP contribution >= 0.6 is 11.6 Å². The van der Waals surface area contributed by atoms with Crippen LogP contribution in [0.2, 0.25) is 0 Å². The van der Waals surface area contributed by atoms with Crippen LogP contribution in [0.4, 0.5) is 0 Å². The molecule has 0 fully saturated rings. The molecular weight excluding hydrogens is 276 g/mol. The van der Waals surface area contributed by atoms with Crippen LogP contribution in [-0.2, 0) is 20.3 Å². The normalized spacial score (nSPS) is 11.7. The Morgan fingerprint density at radius 3 is 2.78 bits per heavy atom. The van der Waals surface area contributed by atoms with Crippen molar-refractivity contribution in [2.45, 2.75) is 5.75 Å². The predicted molar refractivity (Wildman–Crippen MR) is 70.3 cm³/mol. The van der Waals surface area contributed by atoms with Crippen LogP contribution < -0.4 is 0 Å². The molecule has 0 aromatic heterocycles. The van der Waals surface area contributed by atoms with Crippen LogP contribution in [0.15, 0.2) is 35.9 Å². The van der Waals surface area contributed by atoms with Crippen LogP contribution in [-0.4, -0.2) is 27.2 Å². The lowest BCUT2D eigenvalue weighted by atomic mass is 10.1. The summed E-state index contributed by atoms with van der Waals surface area (Å²) in [6.07, 6.45) is 2.63. The topological polar surface area (TPSA) is 60.4 Å². The number of benzene rings is 1. The van der Waals surface area contributed by atoms with E-state index in [1.165, 1.54) is 17.7 Å². The Labute approximate surface area is 111 Å². The molecule has 0 unspecified atom stereocenters. The second-order valence-corrected chi connectivity index (χ2v) is 6.12. The van der Waals surface area contributed by atoms with Gasteiger partial charge in [-0.05, 0) is 23.8 Å². The standard InChI is InChI=1S/C12H13ClO4S/c1-18(15,16)9-10-4-2-5-11(8-10)12(14)17-7-3-6-13/h2-6,8H,7,9H2,1H3/b6-3+. The average molecular weight is 289 g/mol. The van der Waals surface area contributed by atoms with Gasteiger partial charge in [0.05, 0.1) is 11.3 Å². The highest BCUT2D eigenvalue weighted by atomic mass is 35.5. The highest BCUT2D eigenvalue weighted by Crippen LogP contribution is 2.10. The Hall–Kier alpha value is -1.33.